The highest BCUT2D eigenvalue weighted by molar-refractivity contribution is 5.81. The van der Waals surface area contributed by atoms with Crippen molar-refractivity contribution in [3.63, 3.8) is 0 Å². The fourth-order valence-corrected chi connectivity index (χ4v) is 2.70. The van der Waals surface area contributed by atoms with Gasteiger partial charge in [-0.15, -0.1) is 0 Å². The van der Waals surface area contributed by atoms with Crippen LogP contribution in [0, 0.1) is 18.3 Å². The van der Waals surface area contributed by atoms with E-state index in [1.165, 1.54) is 0 Å². The Morgan fingerprint density at radius 2 is 1.83 bits per heavy atom. The van der Waals surface area contributed by atoms with E-state index in [9.17, 15) is 5.26 Å². The molecule has 0 saturated heterocycles. The molecule has 0 bridgehead atoms. The highest BCUT2D eigenvalue weighted by Gasteiger charge is 2.14. The van der Waals surface area contributed by atoms with Gasteiger partial charge in [-0.3, -0.25) is 0 Å². The van der Waals surface area contributed by atoms with Crippen molar-refractivity contribution in [3.05, 3.63) is 65.7 Å². The van der Waals surface area contributed by atoms with E-state index < -0.39 is 0 Å². The van der Waals surface area contributed by atoms with Gasteiger partial charge in [0.1, 0.15) is 23.2 Å². The SMILES string of the molecule is COc1cccc(-c2cc(-c3ccccc3C)c(C#N)c(N)n2)c1. The normalized spacial score (nSPS) is 10.2. The van der Waals surface area contributed by atoms with E-state index in [2.05, 4.69) is 11.1 Å². The molecule has 3 rings (SSSR count). The summed E-state index contributed by atoms with van der Waals surface area (Å²) in [6, 6.07) is 19.6. The van der Waals surface area contributed by atoms with E-state index in [1.807, 2.05) is 61.5 Å². The van der Waals surface area contributed by atoms with Crippen molar-refractivity contribution < 1.29 is 4.74 Å². The molecule has 1 heterocycles. The van der Waals surface area contributed by atoms with Gasteiger partial charge in [-0.1, -0.05) is 36.4 Å². The number of nitriles is 1. The zero-order chi connectivity index (χ0) is 17.1. The van der Waals surface area contributed by atoms with E-state index in [0.29, 0.717) is 11.3 Å². The first kappa shape index (κ1) is 15.6. The van der Waals surface area contributed by atoms with E-state index in [1.54, 1.807) is 7.11 Å². The number of nitrogen functional groups attached to an aromatic ring is 1. The molecular weight excluding hydrogens is 298 g/mol. The molecule has 0 atom stereocenters. The number of pyridine rings is 1. The Morgan fingerprint density at radius 1 is 1.04 bits per heavy atom. The number of nitrogens with two attached hydrogens (primary N) is 1. The van der Waals surface area contributed by atoms with Crippen LogP contribution in [-0.4, -0.2) is 12.1 Å². The van der Waals surface area contributed by atoms with Crippen molar-refractivity contribution >= 4 is 5.82 Å². The Morgan fingerprint density at radius 3 is 2.54 bits per heavy atom. The fourth-order valence-electron chi connectivity index (χ4n) is 2.70. The van der Waals surface area contributed by atoms with Gasteiger partial charge in [0.15, 0.2) is 0 Å². The predicted octanol–water partition coefficient (Wildman–Crippen LogP) is 4.19. The highest BCUT2D eigenvalue weighted by Crippen LogP contribution is 2.33. The van der Waals surface area contributed by atoms with Gasteiger partial charge in [0, 0.05) is 11.1 Å². The Balaban J connectivity index is 2.24. The third-order valence-corrected chi connectivity index (χ3v) is 3.96. The summed E-state index contributed by atoms with van der Waals surface area (Å²) in [6.07, 6.45) is 0. The monoisotopic (exact) mass is 315 g/mol. The molecule has 2 aromatic carbocycles. The van der Waals surface area contributed by atoms with Crippen molar-refractivity contribution in [2.45, 2.75) is 6.92 Å². The summed E-state index contributed by atoms with van der Waals surface area (Å²) in [6.45, 7) is 2.01. The predicted molar refractivity (Wildman–Crippen MR) is 95.5 cm³/mol. The molecule has 0 aliphatic carbocycles. The molecule has 1 aromatic heterocycles. The molecule has 0 aliphatic rings. The zero-order valence-corrected chi connectivity index (χ0v) is 13.6. The first-order chi connectivity index (χ1) is 11.6. The third kappa shape index (κ3) is 2.80. The van der Waals surface area contributed by atoms with Crippen LogP contribution in [0.1, 0.15) is 11.1 Å². The third-order valence-electron chi connectivity index (χ3n) is 3.96. The molecule has 0 radical (unpaired) electrons. The minimum absolute atomic E-state index is 0.232. The summed E-state index contributed by atoms with van der Waals surface area (Å²) >= 11 is 0. The molecule has 0 amide bonds. The summed E-state index contributed by atoms with van der Waals surface area (Å²) in [5.74, 6) is 0.978. The first-order valence-corrected chi connectivity index (χ1v) is 7.55. The number of ether oxygens (including phenoxy) is 1. The van der Waals surface area contributed by atoms with Crippen LogP contribution in [0.3, 0.4) is 0 Å². The van der Waals surface area contributed by atoms with Gasteiger partial charge in [0.2, 0.25) is 0 Å². The maximum Gasteiger partial charge on any atom is 0.142 e. The van der Waals surface area contributed by atoms with Crippen LogP contribution in [0.5, 0.6) is 5.75 Å². The van der Waals surface area contributed by atoms with E-state index in [-0.39, 0.29) is 5.82 Å². The molecule has 24 heavy (non-hydrogen) atoms. The van der Waals surface area contributed by atoms with Crippen LogP contribution in [0.15, 0.2) is 54.6 Å². The number of anilines is 1. The Hall–Kier alpha value is -3.32. The number of benzene rings is 2. The second-order valence-electron chi connectivity index (χ2n) is 5.47. The van der Waals surface area contributed by atoms with Gasteiger partial charge in [-0.25, -0.2) is 4.98 Å². The van der Waals surface area contributed by atoms with Gasteiger partial charge in [0.25, 0.3) is 0 Å². The van der Waals surface area contributed by atoms with Crippen LogP contribution in [0.4, 0.5) is 5.82 Å². The molecule has 4 nitrogen and oxygen atoms in total. The lowest BCUT2D eigenvalue weighted by atomic mass is 9.95. The molecule has 0 aliphatic heterocycles. The molecule has 0 fully saturated rings. The van der Waals surface area contributed by atoms with Gasteiger partial charge in [0.05, 0.1) is 12.8 Å². The van der Waals surface area contributed by atoms with Gasteiger partial charge in [-0.05, 0) is 36.2 Å². The van der Waals surface area contributed by atoms with Gasteiger partial charge in [-0.2, -0.15) is 5.26 Å². The lowest BCUT2D eigenvalue weighted by molar-refractivity contribution is 0.415. The lowest BCUT2D eigenvalue weighted by Crippen LogP contribution is -2.00. The maximum absolute atomic E-state index is 9.51. The number of hydrogen-bond donors (Lipinski definition) is 1. The first-order valence-electron chi connectivity index (χ1n) is 7.55. The van der Waals surface area contributed by atoms with Gasteiger partial charge < -0.3 is 10.5 Å². The number of methoxy groups -OCH3 is 1. The molecule has 118 valence electrons. The molecule has 3 aromatic rings. The Labute approximate surface area is 141 Å². The number of rotatable bonds is 3. The number of hydrogen-bond acceptors (Lipinski definition) is 4. The maximum atomic E-state index is 9.51. The summed E-state index contributed by atoms with van der Waals surface area (Å²) < 4.78 is 5.27. The van der Waals surface area contributed by atoms with Crippen molar-refractivity contribution in [1.29, 1.82) is 5.26 Å². The highest BCUT2D eigenvalue weighted by atomic mass is 16.5. The fraction of sp³-hybridized carbons (Fsp3) is 0.100. The van der Waals surface area contributed by atoms with Crippen molar-refractivity contribution in [2.24, 2.45) is 0 Å². The second-order valence-corrected chi connectivity index (χ2v) is 5.47. The topological polar surface area (TPSA) is 71.9 Å². The summed E-state index contributed by atoms with van der Waals surface area (Å²) in [5, 5.41) is 9.51. The van der Waals surface area contributed by atoms with Crippen LogP contribution < -0.4 is 10.5 Å². The van der Waals surface area contributed by atoms with Crippen molar-refractivity contribution in [1.82, 2.24) is 4.98 Å². The molecule has 2 N–H and O–H groups in total. The molecular formula is C20H17N3O. The minimum atomic E-state index is 0.232. The molecule has 0 unspecified atom stereocenters. The van der Waals surface area contributed by atoms with E-state index in [0.717, 1.165) is 28.0 Å². The van der Waals surface area contributed by atoms with Crippen LogP contribution in [0.2, 0.25) is 0 Å². The van der Waals surface area contributed by atoms with Crippen molar-refractivity contribution in [2.75, 3.05) is 12.8 Å². The summed E-state index contributed by atoms with van der Waals surface area (Å²) in [7, 11) is 1.62. The smallest absolute Gasteiger partial charge is 0.142 e. The molecule has 4 heteroatoms. The molecule has 0 spiro atoms. The second kappa shape index (κ2) is 6.43. The number of nitrogens with zero attached hydrogens (tertiary/aromatic N) is 2. The average Bonchev–Trinajstić information content (AvgIpc) is 2.61. The van der Waals surface area contributed by atoms with E-state index in [4.69, 9.17) is 10.5 Å². The largest absolute Gasteiger partial charge is 0.497 e. The summed E-state index contributed by atoms with van der Waals surface area (Å²) in [5.41, 5.74) is 10.9. The minimum Gasteiger partial charge on any atom is -0.497 e. The quantitative estimate of drug-likeness (QED) is 0.786. The lowest BCUT2D eigenvalue weighted by Gasteiger charge is -2.12. The Bertz CT molecular complexity index is 942. The van der Waals surface area contributed by atoms with E-state index >= 15 is 0 Å². The number of aryl methyl sites for hydroxylation is 1. The number of aromatic nitrogens is 1. The van der Waals surface area contributed by atoms with Crippen molar-refractivity contribution in [3.8, 4) is 34.2 Å². The Kier molecular flexibility index (Phi) is 4.17. The van der Waals surface area contributed by atoms with Gasteiger partial charge >= 0.3 is 0 Å². The molecule has 0 saturated carbocycles. The summed E-state index contributed by atoms with van der Waals surface area (Å²) in [4.78, 5) is 4.41. The average molecular weight is 315 g/mol. The van der Waals surface area contributed by atoms with Crippen LogP contribution in [0.25, 0.3) is 22.4 Å². The standard InChI is InChI=1S/C20H17N3O/c1-13-6-3-4-9-16(13)17-11-19(23-20(22)18(17)12-21)14-7-5-8-15(10-14)24-2/h3-11H,1-2H3,(H2,22,23). The zero-order valence-electron chi connectivity index (χ0n) is 13.6. The van der Waals surface area contributed by atoms with Crippen LogP contribution >= 0.6 is 0 Å². The van der Waals surface area contributed by atoms with Crippen LogP contribution in [-0.2, 0) is 0 Å².